The fourth-order valence-electron chi connectivity index (χ4n) is 3.59. The Morgan fingerprint density at radius 1 is 1.00 bits per heavy atom. The van der Waals surface area contributed by atoms with Gasteiger partial charge in [-0.1, -0.05) is 35.0 Å². The number of benzene rings is 1. The first-order valence-electron chi connectivity index (χ1n) is 10.4. The van der Waals surface area contributed by atoms with E-state index in [1.807, 2.05) is 55.1 Å². The number of aryl methyl sites for hydroxylation is 2. The number of aromatic nitrogens is 6. The van der Waals surface area contributed by atoms with Gasteiger partial charge in [0.15, 0.2) is 0 Å². The zero-order chi connectivity index (χ0) is 21.2. The third-order valence-electron chi connectivity index (χ3n) is 5.37. The number of nitrogens with one attached hydrogen (secondary N) is 1. The van der Waals surface area contributed by atoms with E-state index in [9.17, 15) is 0 Å². The van der Waals surface area contributed by atoms with E-state index >= 15 is 0 Å². The van der Waals surface area contributed by atoms with Gasteiger partial charge in [-0.3, -0.25) is 0 Å². The Hall–Kier alpha value is -3.59. The third-order valence-corrected chi connectivity index (χ3v) is 5.37. The van der Waals surface area contributed by atoms with E-state index in [0.717, 1.165) is 48.9 Å². The molecular formula is C22H24N8O. The zero-order valence-electron chi connectivity index (χ0n) is 17.6. The highest BCUT2D eigenvalue weighted by Crippen LogP contribution is 2.21. The number of nitrogens with zero attached hydrogens (tertiary/aromatic N) is 7. The van der Waals surface area contributed by atoms with Gasteiger partial charge in [-0.25, -0.2) is 14.6 Å². The van der Waals surface area contributed by atoms with Crippen LogP contribution in [0.4, 0.5) is 5.82 Å². The van der Waals surface area contributed by atoms with Crippen LogP contribution in [0.2, 0.25) is 0 Å². The van der Waals surface area contributed by atoms with Crippen LogP contribution in [-0.2, 0) is 6.54 Å². The summed E-state index contributed by atoms with van der Waals surface area (Å²) in [5, 5.41) is 12.1. The predicted octanol–water partition coefficient (Wildman–Crippen LogP) is 2.46. The van der Waals surface area contributed by atoms with Crippen LogP contribution in [0.1, 0.15) is 17.0 Å². The molecule has 1 saturated heterocycles. The highest BCUT2D eigenvalue weighted by Gasteiger charge is 2.17. The van der Waals surface area contributed by atoms with Crippen LogP contribution in [-0.4, -0.2) is 56.1 Å². The number of anilines is 1. The standard InChI is InChI=1S/C22H24N8O/c1-15-3-5-18(6-4-15)20-26-22(31-28-20)21-25-16(2)30(27-21)14-17-7-8-24-19(13-17)29-11-9-23-10-12-29/h3-8,13,23H,9-12,14H2,1-2H3. The van der Waals surface area contributed by atoms with Gasteiger partial charge >= 0.3 is 0 Å². The summed E-state index contributed by atoms with van der Waals surface area (Å²) in [7, 11) is 0. The summed E-state index contributed by atoms with van der Waals surface area (Å²) in [4.78, 5) is 15.8. The molecule has 0 radical (unpaired) electrons. The molecule has 3 aromatic heterocycles. The lowest BCUT2D eigenvalue weighted by Gasteiger charge is -2.28. The molecule has 4 aromatic rings. The SMILES string of the molecule is Cc1ccc(-c2noc(-c3nc(C)n(Cc4ccnc(N5CCNCC5)c4)n3)n2)cc1. The molecule has 0 bridgehead atoms. The Bertz CT molecular complexity index is 1170. The molecule has 5 rings (SSSR count). The monoisotopic (exact) mass is 416 g/mol. The van der Waals surface area contributed by atoms with Crippen LogP contribution in [0.3, 0.4) is 0 Å². The van der Waals surface area contributed by atoms with Crippen LogP contribution in [0, 0.1) is 13.8 Å². The van der Waals surface area contributed by atoms with Crippen LogP contribution in [0.25, 0.3) is 23.1 Å². The van der Waals surface area contributed by atoms with Crippen molar-refractivity contribution in [1.82, 2.24) is 35.2 Å². The molecule has 158 valence electrons. The summed E-state index contributed by atoms with van der Waals surface area (Å²) in [6.07, 6.45) is 1.85. The summed E-state index contributed by atoms with van der Waals surface area (Å²) in [5.74, 6) is 3.05. The van der Waals surface area contributed by atoms with E-state index < -0.39 is 0 Å². The largest absolute Gasteiger partial charge is 0.354 e. The summed E-state index contributed by atoms with van der Waals surface area (Å²) in [5.41, 5.74) is 3.20. The second-order valence-electron chi connectivity index (χ2n) is 7.69. The summed E-state index contributed by atoms with van der Waals surface area (Å²) in [6.45, 7) is 8.44. The number of hydrogen-bond acceptors (Lipinski definition) is 8. The topological polar surface area (TPSA) is 97.8 Å². The van der Waals surface area contributed by atoms with Crippen LogP contribution in [0.5, 0.6) is 0 Å². The highest BCUT2D eigenvalue weighted by molar-refractivity contribution is 5.57. The molecule has 9 heteroatoms. The van der Waals surface area contributed by atoms with E-state index in [-0.39, 0.29) is 0 Å². The van der Waals surface area contributed by atoms with Crippen LogP contribution < -0.4 is 10.2 Å². The van der Waals surface area contributed by atoms with Gasteiger partial charge in [0.2, 0.25) is 11.6 Å². The molecule has 0 saturated carbocycles. The molecule has 1 aliphatic rings. The number of piperazine rings is 1. The van der Waals surface area contributed by atoms with Crippen molar-refractivity contribution in [3.8, 4) is 23.1 Å². The van der Waals surface area contributed by atoms with Crippen molar-refractivity contribution in [1.29, 1.82) is 0 Å². The van der Waals surface area contributed by atoms with Gasteiger partial charge in [0.1, 0.15) is 11.6 Å². The van der Waals surface area contributed by atoms with Gasteiger partial charge < -0.3 is 14.7 Å². The van der Waals surface area contributed by atoms with E-state index in [0.29, 0.717) is 24.1 Å². The van der Waals surface area contributed by atoms with Crippen molar-refractivity contribution in [3.05, 3.63) is 59.5 Å². The van der Waals surface area contributed by atoms with Crippen molar-refractivity contribution < 1.29 is 4.52 Å². The van der Waals surface area contributed by atoms with Gasteiger partial charge in [-0.2, -0.15) is 4.98 Å². The molecule has 1 aliphatic heterocycles. The Morgan fingerprint density at radius 3 is 2.61 bits per heavy atom. The van der Waals surface area contributed by atoms with Gasteiger partial charge in [-0.15, -0.1) is 5.10 Å². The predicted molar refractivity (Wildman–Crippen MR) is 117 cm³/mol. The Kier molecular flexibility index (Phi) is 5.17. The maximum absolute atomic E-state index is 5.43. The third kappa shape index (κ3) is 4.17. The molecule has 0 spiro atoms. The summed E-state index contributed by atoms with van der Waals surface area (Å²) in [6, 6.07) is 12.1. The molecule has 0 unspecified atom stereocenters. The van der Waals surface area contributed by atoms with Crippen molar-refractivity contribution in [2.24, 2.45) is 0 Å². The van der Waals surface area contributed by atoms with Gasteiger partial charge in [0.05, 0.1) is 6.54 Å². The minimum atomic E-state index is 0.314. The molecule has 0 atom stereocenters. The Labute approximate surface area is 180 Å². The van der Waals surface area contributed by atoms with Crippen molar-refractivity contribution >= 4 is 5.82 Å². The summed E-state index contributed by atoms with van der Waals surface area (Å²) >= 11 is 0. The molecule has 0 amide bonds. The second-order valence-corrected chi connectivity index (χ2v) is 7.69. The average Bonchev–Trinajstić information content (AvgIpc) is 3.43. The lowest BCUT2D eigenvalue weighted by Crippen LogP contribution is -2.43. The number of hydrogen-bond donors (Lipinski definition) is 1. The maximum Gasteiger partial charge on any atom is 0.297 e. The quantitative estimate of drug-likeness (QED) is 0.530. The minimum Gasteiger partial charge on any atom is -0.354 e. The van der Waals surface area contributed by atoms with Crippen LogP contribution in [0.15, 0.2) is 47.1 Å². The fourth-order valence-corrected chi connectivity index (χ4v) is 3.59. The fraction of sp³-hybridized carbons (Fsp3) is 0.318. The van der Waals surface area contributed by atoms with Crippen molar-refractivity contribution in [2.75, 3.05) is 31.1 Å². The van der Waals surface area contributed by atoms with Crippen molar-refractivity contribution in [3.63, 3.8) is 0 Å². The van der Waals surface area contributed by atoms with Gasteiger partial charge in [0.25, 0.3) is 5.89 Å². The first-order valence-corrected chi connectivity index (χ1v) is 10.4. The van der Waals surface area contributed by atoms with Crippen LogP contribution >= 0.6 is 0 Å². The first-order chi connectivity index (χ1) is 15.2. The zero-order valence-corrected chi connectivity index (χ0v) is 17.6. The maximum atomic E-state index is 5.43. The lowest BCUT2D eigenvalue weighted by molar-refractivity contribution is 0.429. The summed E-state index contributed by atoms with van der Waals surface area (Å²) < 4.78 is 7.28. The van der Waals surface area contributed by atoms with E-state index in [1.165, 1.54) is 5.56 Å². The molecule has 31 heavy (non-hydrogen) atoms. The highest BCUT2D eigenvalue weighted by atomic mass is 16.5. The van der Waals surface area contributed by atoms with E-state index in [1.54, 1.807) is 0 Å². The molecule has 4 heterocycles. The normalized spacial score (nSPS) is 14.2. The average molecular weight is 416 g/mol. The molecule has 9 nitrogen and oxygen atoms in total. The van der Waals surface area contributed by atoms with Crippen molar-refractivity contribution in [2.45, 2.75) is 20.4 Å². The lowest BCUT2D eigenvalue weighted by atomic mass is 10.1. The number of pyridine rings is 1. The Morgan fingerprint density at radius 2 is 1.81 bits per heavy atom. The molecule has 1 fully saturated rings. The molecule has 1 N–H and O–H groups in total. The molecule has 1 aromatic carbocycles. The van der Waals surface area contributed by atoms with Gasteiger partial charge in [0, 0.05) is 37.9 Å². The molecular weight excluding hydrogens is 392 g/mol. The second kappa shape index (κ2) is 8.27. The van der Waals surface area contributed by atoms with E-state index in [4.69, 9.17) is 4.52 Å². The number of rotatable bonds is 5. The van der Waals surface area contributed by atoms with Gasteiger partial charge in [-0.05, 0) is 31.5 Å². The smallest absolute Gasteiger partial charge is 0.297 e. The Balaban J connectivity index is 1.35. The minimum absolute atomic E-state index is 0.314. The first kappa shape index (κ1) is 19.4. The molecule has 0 aliphatic carbocycles. The van der Waals surface area contributed by atoms with E-state index in [2.05, 4.69) is 41.5 Å².